The fourth-order valence-corrected chi connectivity index (χ4v) is 1.18. The van der Waals surface area contributed by atoms with Crippen LogP contribution in [0.4, 0.5) is 4.79 Å². The summed E-state index contributed by atoms with van der Waals surface area (Å²) >= 11 is 0. The molecule has 0 aromatic carbocycles. The zero-order valence-electron chi connectivity index (χ0n) is 13.3. The second-order valence-corrected chi connectivity index (χ2v) is 5.19. The van der Waals surface area contributed by atoms with Crippen LogP contribution in [-0.4, -0.2) is 35.0 Å². The van der Waals surface area contributed by atoms with Gasteiger partial charge in [0, 0.05) is 5.57 Å². The molecule has 7 heteroatoms. The molecule has 1 N–H and O–H groups in total. The summed E-state index contributed by atoms with van der Waals surface area (Å²) in [7, 11) is 0. The fourth-order valence-electron chi connectivity index (χ4n) is 1.18. The van der Waals surface area contributed by atoms with Crippen LogP contribution in [0.2, 0.25) is 0 Å². The first kappa shape index (κ1) is 19.4. The highest BCUT2D eigenvalue weighted by molar-refractivity contribution is 5.97. The summed E-state index contributed by atoms with van der Waals surface area (Å²) in [5.41, 5.74) is -0.164. The van der Waals surface area contributed by atoms with Crippen molar-refractivity contribution in [3.8, 4) is 0 Å². The van der Waals surface area contributed by atoms with Crippen LogP contribution < -0.4 is 0 Å². The lowest BCUT2D eigenvalue weighted by molar-refractivity contribution is -0.316. The third-order valence-electron chi connectivity index (χ3n) is 2.77. The number of ketones is 1. The van der Waals surface area contributed by atoms with Crippen LogP contribution >= 0.6 is 0 Å². The molecule has 0 rings (SSSR count). The van der Waals surface area contributed by atoms with Gasteiger partial charge < -0.3 is 19.5 Å². The molecule has 0 amide bonds. The molecular weight excluding hydrogens is 280 g/mol. The van der Waals surface area contributed by atoms with Crippen molar-refractivity contribution in [1.82, 2.24) is 0 Å². The van der Waals surface area contributed by atoms with Gasteiger partial charge in [0.2, 0.25) is 6.29 Å². The summed E-state index contributed by atoms with van der Waals surface area (Å²) in [6, 6.07) is 0. The lowest BCUT2D eigenvalue weighted by atomic mass is 10.1. The van der Waals surface area contributed by atoms with E-state index >= 15 is 0 Å². The topological polar surface area (TPSA) is 91.3 Å². The standard InChI is InChI=1S/C14H24O7/c1-7-14(5,6)21-18-8-9(2)12(15)10(3)19-11(4)20-13(16)17/h8,10-11H,7H2,1-6H3,(H,16,17). The van der Waals surface area contributed by atoms with Gasteiger partial charge in [0.05, 0.1) is 0 Å². The normalized spacial score (nSPS) is 15.2. The first-order valence-corrected chi connectivity index (χ1v) is 6.69. The number of rotatable bonds is 9. The summed E-state index contributed by atoms with van der Waals surface area (Å²) in [5.74, 6) is -0.353. The van der Waals surface area contributed by atoms with Crippen LogP contribution in [0.5, 0.6) is 0 Å². The van der Waals surface area contributed by atoms with E-state index in [0.29, 0.717) is 0 Å². The lowest BCUT2D eigenvalue weighted by Crippen LogP contribution is -2.29. The summed E-state index contributed by atoms with van der Waals surface area (Å²) in [6.07, 6.45) is -1.42. The van der Waals surface area contributed by atoms with Crippen molar-refractivity contribution >= 4 is 11.9 Å². The van der Waals surface area contributed by atoms with Crippen LogP contribution in [0, 0.1) is 0 Å². The van der Waals surface area contributed by atoms with Gasteiger partial charge in [0.1, 0.15) is 18.0 Å². The SMILES string of the molecule is CCC(C)(C)OOC=C(C)C(=O)C(C)OC(C)OC(=O)O. The second-order valence-electron chi connectivity index (χ2n) is 5.19. The van der Waals surface area contributed by atoms with E-state index in [-0.39, 0.29) is 11.4 Å². The molecule has 0 aromatic heterocycles. The van der Waals surface area contributed by atoms with Gasteiger partial charge in [-0.15, -0.1) is 0 Å². The Bertz CT molecular complexity index is 387. The molecule has 2 atom stereocenters. The molecule has 21 heavy (non-hydrogen) atoms. The van der Waals surface area contributed by atoms with Gasteiger partial charge in [-0.05, 0) is 41.0 Å². The lowest BCUT2D eigenvalue weighted by Gasteiger charge is -2.20. The Balaban J connectivity index is 4.38. The molecule has 0 fully saturated rings. The molecule has 122 valence electrons. The molecule has 0 aliphatic heterocycles. The Morgan fingerprint density at radius 1 is 1.29 bits per heavy atom. The van der Waals surface area contributed by atoms with Crippen molar-refractivity contribution in [3.63, 3.8) is 0 Å². The van der Waals surface area contributed by atoms with Crippen molar-refractivity contribution in [1.29, 1.82) is 0 Å². The Morgan fingerprint density at radius 3 is 2.33 bits per heavy atom. The van der Waals surface area contributed by atoms with E-state index in [4.69, 9.17) is 19.6 Å². The second kappa shape index (κ2) is 8.63. The van der Waals surface area contributed by atoms with Crippen molar-refractivity contribution in [3.05, 3.63) is 11.8 Å². The summed E-state index contributed by atoms with van der Waals surface area (Å²) in [5, 5.41) is 8.43. The minimum Gasteiger partial charge on any atom is -0.450 e. The first-order valence-electron chi connectivity index (χ1n) is 6.69. The molecule has 0 aromatic rings. The number of carbonyl (C=O) groups excluding carboxylic acids is 1. The Labute approximate surface area is 124 Å². The maximum absolute atomic E-state index is 12.0. The van der Waals surface area contributed by atoms with Crippen LogP contribution in [0.3, 0.4) is 0 Å². The Kier molecular flexibility index (Phi) is 7.98. The van der Waals surface area contributed by atoms with Crippen molar-refractivity contribution in [2.75, 3.05) is 0 Å². The zero-order valence-corrected chi connectivity index (χ0v) is 13.3. The molecule has 0 aliphatic carbocycles. The van der Waals surface area contributed by atoms with Gasteiger partial charge in [0.15, 0.2) is 5.78 Å². The fraction of sp³-hybridized carbons (Fsp3) is 0.714. The highest BCUT2D eigenvalue weighted by atomic mass is 17.2. The first-order chi connectivity index (χ1) is 9.59. The quantitative estimate of drug-likeness (QED) is 0.175. The molecule has 0 saturated heterocycles. The number of Topliss-reactive ketones (excluding diaryl/α,β-unsaturated/α-hetero) is 1. The van der Waals surface area contributed by atoms with Crippen LogP contribution in [0.15, 0.2) is 11.8 Å². The molecule has 0 bridgehead atoms. The zero-order chi connectivity index (χ0) is 16.6. The molecule has 7 nitrogen and oxygen atoms in total. The number of hydrogen-bond acceptors (Lipinski definition) is 6. The number of hydrogen-bond donors (Lipinski definition) is 1. The van der Waals surface area contributed by atoms with Crippen molar-refractivity contribution < 1.29 is 33.9 Å². The molecule has 0 aliphatic rings. The van der Waals surface area contributed by atoms with E-state index < -0.39 is 24.2 Å². The third kappa shape index (κ3) is 8.31. The van der Waals surface area contributed by atoms with E-state index in [2.05, 4.69) is 4.74 Å². The maximum Gasteiger partial charge on any atom is 0.508 e. The van der Waals surface area contributed by atoms with E-state index in [0.717, 1.165) is 6.42 Å². The molecule has 0 heterocycles. The smallest absolute Gasteiger partial charge is 0.450 e. The van der Waals surface area contributed by atoms with Gasteiger partial charge in [-0.1, -0.05) is 6.92 Å². The number of ether oxygens (including phenoxy) is 2. The molecular formula is C14H24O7. The predicted octanol–water partition coefficient (Wildman–Crippen LogP) is 3.04. The Hall–Kier alpha value is -1.60. The average molecular weight is 304 g/mol. The molecule has 0 spiro atoms. The summed E-state index contributed by atoms with van der Waals surface area (Å²) < 4.78 is 9.48. The maximum atomic E-state index is 12.0. The monoisotopic (exact) mass is 304 g/mol. The predicted molar refractivity (Wildman–Crippen MR) is 74.4 cm³/mol. The van der Waals surface area contributed by atoms with Gasteiger partial charge in [0.25, 0.3) is 0 Å². The summed E-state index contributed by atoms with van der Waals surface area (Å²) in [4.78, 5) is 32.4. The largest absolute Gasteiger partial charge is 0.508 e. The minimum absolute atomic E-state index is 0.289. The van der Waals surface area contributed by atoms with E-state index in [1.165, 1.54) is 20.1 Å². The van der Waals surface area contributed by atoms with E-state index in [1.54, 1.807) is 6.92 Å². The number of carbonyl (C=O) groups is 2. The highest BCUT2D eigenvalue weighted by Gasteiger charge is 2.21. The number of carboxylic acid groups (broad SMARTS) is 1. The van der Waals surface area contributed by atoms with Gasteiger partial charge in [-0.25, -0.2) is 4.79 Å². The summed E-state index contributed by atoms with van der Waals surface area (Å²) in [6.45, 7) is 10.1. The van der Waals surface area contributed by atoms with Crippen molar-refractivity contribution in [2.24, 2.45) is 0 Å². The minimum atomic E-state index is -1.46. The van der Waals surface area contributed by atoms with Crippen LogP contribution in [0.1, 0.15) is 48.0 Å². The Morgan fingerprint density at radius 2 is 1.86 bits per heavy atom. The van der Waals surface area contributed by atoms with Gasteiger partial charge in [-0.2, -0.15) is 4.89 Å². The van der Waals surface area contributed by atoms with Crippen LogP contribution in [0.25, 0.3) is 0 Å². The molecule has 2 unspecified atom stereocenters. The van der Waals surface area contributed by atoms with Crippen molar-refractivity contribution in [2.45, 2.75) is 66.0 Å². The third-order valence-corrected chi connectivity index (χ3v) is 2.77. The van der Waals surface area contributed by atoms with Crippen LogP contribution in [-0.2, 0) is 24.0 Å². The van der Waals surface area contributed by atoms with Gasteiger partial charge in [-0.3, -0.25) is 4.79 Å². The average Bonchev–Trinajstić information content (AvgIpc) is 2.36. The van der Waals surface area contributed by atoms with E-state index in [9.17, 15) is 9.59 Å². The highest BCUT2D eigenvalue weighted by Crippen LogP contribution is 2.15. The van der Waals surface area contributed by atoms with E-state index in [1.807, 2.05) is 20.8 Å². The van der Waals surface area contributed by atoms with Gasteiger partial charge >= 0.3 is 6.16 Å². The molecule has 0 radical (unpaired) electrons. The molecule has 0 saturated carbocycles.